The molecule has 0 radical (unpaired) electrons. The van der Waals surface area contributed by atoms with E-state index < -0.39 is 41.9 Å². The van der Waals surface area contributed by atoms with Gasteiger partial charge >= 0.3 is 12.1 Å². The van der Waals surface area contributed by atoms with E-state index in [1.165, 1.54) is 24.3 Å². The van der Waals surface area contributed by atoms with Crippen LogP contribution in [-0.2, 0) is 22.5 Å². The Bertz CT molecular complexity index is 1870. The number of nitrogens with one attached hydrogen (secondary N) is 2. The van der Waals surface area contributed by atoms with Gasteiger partial charge in [-0.2, -0.15) is 18.3 Å². The van der Waals surface area contributed by atoms with Crippen LogP contribution in [-0.4, -0.2) is 52.4 Å². The van der Waals surface area contributed by atoms with Crippen LogP contribution in [0.15, 0.2) is 60.7 Å². The molecule has 2 aliphatic rings. The summed E-state index contributed by atoms with van der Waals surface area (Å²) in [6.45, 7) is 5.30. The average molecular weight is 652 g/mol. The van der Waals surface area contributed by atoms with E-state index in [2.05, 4.69) is 20.6 Å². The van der Waals surface area contributed by atoms with Crippen LogP contribution in [0.25, 0.3) is 10.9 Å². The molecule has 1 aliphatic carbocycles. The topological polar surface area (TPSA) is 106 Å². The quantitative estimate of drug-likeness (QED) is 0.165. The minimum atomic E-state index is -4.55. The van der Waals surface area contributed by atoms with Crippen LogP contribution < -0.4 is 15.5 Å². The first-order chi connectivity index (χ1) is 22.1. The summed E-state index contributed by atoms with van der Waals surface area (Å²) in [5.74, 6) is -1.42. The Morgan fingerprint density at radius 2 is 1.62 bits per heavy atom. The zero-order valence-corrected chi connectivity index (χ0v) is 26.0. The van der Waals surface area contributed by atoms with Crippen LogP contribution in [0.5, 0.6) is 0 Å². The van der Waals surface area contributed by atoms with Crippen molar-refractivity contribution in [3.05, 3.63) is 83.3 Å². The van der Waals surface area contributed by atoms with Crippen LogP contribution in [0.3, 0.4) is 0 Å². The minimum absolute atomic E-state index is 0.147. The van der Waals surface area contributed by atoms with E-state index >= 15 is 0 Å². The Labute approximate surface area is 267 Å². The fourth-order valence-corrected chi connectivity index (χ4v) is 5.97. The summed E-state index contributed by atoms with van der Waals surface area (Å²) in [6, 6.07) is 14.6. The lowest BCUT2D eigenvalue weighted by molar-refractivity contribution is -0.154. The molecule has 0 bridgehead atoms. The summed E-state index contributed by atoms with van der Waals surface area (Å²) in [7, 11) is 0. The molecule has 2 heterocycles. The maximum Gasteiger partial charge on any atom is 0.408 e. The molecular weight excluding hydrogens is 618 g/mol. The Balaban J connectivity index is 1.29. The Hall–Kier alpha value is -4.94. The number of para-hydroxylation sites is 1. The lowest BCUT2D eigenvalue weighted by atomic mass is 10.1. The van der Waals surface area contributed by atoms with Crippen LogP contribution in [0.4, 0.5) is 34.6 Å². The number of benzene rings is 3. The first kappa shape index (κ1) is 32.0. The van der Waals surface area contributed by atoms with Crippen molar-refractivity contribution in [2.75, 3.05) is 28.6 Å². The van der Waals surface area contributed by atoms with Gasteiger partial charge in [0.25, 0.3) is 11.8 Å². The fourth-order valence-electron chi connectivity index (χ4n) is 5.97. The van der Waals surface area contributed by atoms with Gasteiger partial charge in [0.2, 0.25) is 0 Å². The van der Waals surface area contributed by atoms with E-state index in [4.69, 9.17) is 4.74 Å². The molecule has 9 nitrogen and oxygen atoms in total. The minimum Gasteiger partial charge on any atom is -0.460 e. The molecule has 246 valence electrons. The first-order valence-electron chi connectivity index (χ1n) is 15.2. The fraction of sp³-hybridized carbons (Fsp3) is 0.353. The van der Waals surface area contributed by atoms with Crippen molar-refractivity contribution >= 4 is 45.7 Å². The number of anilines is 3. The van der Waals surface area contributed by atoms with Gasteiger partial charge in [-0.15, -0.1) is 0 Å². The molecule has 1 aliphatic heterocycles. The number of nitrogens with zero attached hydrogens (tertiary/aromatic N) is 3. The molecule has 1 aromatic heterocycles. The first-order valence-corrected chi connectivity index (χ1v) is 15.2. The molecule has 0 spiro atoms. The number of carbonyl (C=O) groups excluding carboxylic acids is 3. The lowest BCUT2D eigenvalue weighted by Gasteiger charge is -2.24. The molecule has 2 unspecified atom stereocenters. The standard InChI is InChI=1S/C34H33F4N5O4/c1-33(2,3)47-29(44)15-20-13-23(35)9-10-25(20)39-31(45)19-8-11-28(42-16-21-12-22(21)17-42)26(14-19)40-32(46)30-24-6-4-5-7-27(24)43(41-30)18-34(36,37)38/h4-11,13-14,21-22H,12,15-18H2,1-3H3,(H,39,45)(H,40,46). The van der Waals surface area contributed by atoms with E-state index in [9.17, 15) is 31.9 Å². The number of alkyl halides is 3. The van der Waals surface area contributed by atoms with Crippen molar-refractivity contribution in [3.63, 3.8) is 0 Å². The highest BCUT2D eigenvalue weighted by molar-refractivity contribution is 6.13. The van der Waals surface area contributed by atoms with Gasteiger partial charge in [-0.1, -0.05) is 18.2 Å². The van der Waals surface area contributed by atoms with E-state index in [0.717, 1.165) is 36.3 Å². The normalized spacial score (nSPS) is 17.4. The third-order valence-electron chi connectivity index (χ3n) is 8.10. The van der Waals surface area contributed by atoms with Gasteiger partial charge in [-0.05, 0) is 87.1 Å². The van der Waals surface area contributed by atoms with Gasteiger partial charge in [0.05, 0.1) is 23.3 Å². The SMILES string of the molecule is CC(C)(C)OC(=O)Cc1cc(F)ccc1NC(=O)c1ccc(N2CC3CC3C2)c(NC(=O)c2nn(CC(F)(F)F)c3ccccc23)c1. The number of amides is 2. The third-order valence-corrected chi connectivity index (χ3v) is 8.10. The van der Waals surface area contributed by atoms with Crippen LogP contribution >= 0.6 is 0 Å². The number of hydrogen-bond donors (Lipinski definition) is 2. The second-order valence-electron chi connectivity index (χ2n) is 13.0. The molecule has 47 heavy (non-hydrogen) atoms. The molecule has 13 heteroatoms. The number of halogens is 4. The molecule has 3 aromatic carbocycles. The maximum atomic E-state index is 14.1. The summed E-state index contributed by atoms with van der Waals surface area (Å²) in [6.07, 6.45) is -3.70. The van der Waals surface area contributed by atoms with E-state index in [-0.39, 0.29) is 45.5 Å². The summed E-state index contributed by atoms with van der Waals surface area (Å²) >= 11 is 0. The zero-order valence-electron chi connectivity index (χ0n) is 26.0. The summed E-state index contributed by atoms with van der Waals surface area (Å²) in [4.78, 5) is 41.7. The number of piperidine rings is 1. The van der Waals surface area contributed by atoms with E-state index in [0.29, 0.717) is 17.5 Å². The predicted octanol–water partition coefficient (Wildman–Crippen LogP) is 6.58. The number of carbonyl (C=O) groups is 3. The molecule has 1 saturated carbocycles. The molecule has 4 aromatic rings. The number of hydrogen-bond acceptors (Lipinski definition) is 6. The second kappa shape index (κ2) is 12.0. The lowest BCUT2D eigenvalue weighted by Crippen LogP contribution is -2.25. The number of ether oxygens (including phenoxy) is 1. The zero-order chi connectivity index (χ0) is 33.7. The number of esters is 1. The molecule has 2 atom stereocenters. The number of aromatic nitrogens is 2. The molecular formula is C34H33F4N5O4. The van der Waals surface area contributed by atoms with E-state index in [1.54, 1.807) is 45.0 Å². The summed E-state index contributed by atoms with van der Waals surface area (Å²) in [5.41, 5.74) is 0.731. The van der Waals surface area contributed by atoms with Crippen LogP contribution in [0.2, 0.25) is 0 Å². The smallest absolute Gasteiger partial charge is 0.408 e. The number of rotatable bonds is 8. The molecule has 2 N–H and O–H groups in total. The van der Waals surface area contributed by atoms with E-state index in [1.807, 2.05) is 0 Å². The monoisotopic (exact) mass is 651 g/mol. The third kappa shape index (κ3) is 7.39. The van der Waals surface area contributed by atoms with Gasteiger partial charge in [0, 0.05) is 29.7 Å². The predicted molar refractivity (Wildman–Crippen MR) is 168 cm³/mol. The molecule has 2 amide bonds. The number of fused-ring (bicyclic) bond motifs is 2. The largest absolute Gasteiger partial charge is 0.460 e. The van der Waals surface area contributed by atoms with Crippen LogP contribution in [0, 0.1) is 17.7 Å². The average Bonchev–Trinajstić information content (AvgIpc) is 3.41. The van der Waals surface area contributed by atoms with Crippen molar-refractivity contribution < 1.29 is 36.7 Å². The van der Waals surface area contributed by atoms with Gasteiger partial charge < -0.3 is 20.3 Å². The molecule has 6 rings (SSSR count). The Kier molecular flexibility index (Phi) is 8.18. The van der Waals surface area contributed by atoms with Gasteiger partial charge in [0.15, 0.2) is 5.69 Å². The van der Waals surface area contributed by atoms with Crippen molar-refractivity contribution in [2.45, 2.75) is 51.9 Å². The van der Waals surface area contributed by atoms with Crippen molar-refractivity contribution in [1.29, 1.82) is 0 Å². The van der Waals surface area contributed by atoms with Gasteiger partial charge in [0.1, 0.15) is 18.0 Å². The molecule has 2 fully saturated rings. The summed E-state index contributed by atoms with van der Waals surface area (Å²) < 4.78 is 60.1. The van der Waals surface area contributed by atoms with Crippen molar-refractivity contribution in [1.82, 2.24) is 9.78 Å². The van der Waals surface area contributed by atoms with Gasteiger partial charge in [-0.25, -0.2) is 4.39 Å². The van der Waals surface area contributed by atoms with Gasteiger partial charge in [-0.3, -0.25) is 19.1 Å². The highest BCUT2D eigenvalue weighted by Gasteiger charge is 2.45. The Morgan fingerprint density at radius 1 is 0.915 bits per heavy atom. The second-order valence-corrected chi connectivity index (χ2v) is 13.0. The molecule has 1 saturated heterocycles. The van der Waals surface area contributed by atoms with Crippen molar-refractivity contribution in [3.8, 4) is 0 Å². The highest BCUT2D eigenvalue weighted by atomic mass is 19.4. The Morgan fingerprint density at radius 3 is 2.32 bits per heavy atom. The van der Waals surface area contributed by atoms with Crippen molar-refractivity contribution in [2.24, 2.45) is 11.8 Å². The summed E-state index contributed by atoms with van der Waals surface area (Å²) in [5, 5.41) is 9.79. The maximum absolute atomic E-state index is 14.1. The highest BCUT2D eigenvalue weighted by Crippen LogP contribution is 2.47. The van der Waals surface area contributed by atoms with Crippen LogP contribution in [0.1, 0.15) is 53.6 Å².